The lowest BCUT2D eigenvalue weighted by Crippen LogP contribution is -2.53. The Labute approximate surface area is 124 Å². The third kappa shape index (κ3) is 3.31. The summed E-state index contributed by atoms with van der Waals surface area (Å²) in [6.45, 7) is 10.1. The lowest BCUT2D eigenvalue weighted by molar-refractivity contribution is -0.385. The number of nitrogens with zero attached hydrogens (tertiary/aromatic N) is 4. The summed E-state index contributed by atoms with van der Waals surface area (Å²) in [7, 11) is 0. The van der Waals surface area contributed by atoms with Crippen molar-refractivity contribution in [3.63, 3.8) is 0 Å². The molecular weight excluding hydrogens is 268 g/mol. The quantitative estimate of drug-likeness (QED) is 0.617. The summed E-state index contributed by atoms with van der Waals surface area (Å²) in [6.07, 6.45) is 0. The van der Waals surface area contributed by atoms with E-state index in [0.29, 0.717) is 0 Å². The smallest absolute Gasteiger partial charge is 0.289 e. The van der Waals surface area contributed by atoms with Crippen molar-refractivity contribution in [3.05, 3.63) is 33.9 Å². The van der Waals surface area contributed by atoms with Gasteiger partial charge in [0.15, 0.2) is 0 Å². The molecule has 0 aromatic heterocycles. The van der Waals surface area contributed by atoms with Crippen LogP contribution in [0.5, 0.6) is 0 Å². The van der Waals surface area contributed by atoms with Crippen LogP contribution in [0.4, 0.5) is 11.4 Å². The molecule has 2 rings (SSSR count). The maximum Gasteiger partial charge on any atom is 0.289 e. The molecule has 1 aliphatic rings. The van der Waals surface area contributed by atoms with E-state index in [1.807, 2.05) is 6.07 Å². The summed E-state index contributed by atoms with van der Waals surface area (Å²) < 4.78 is 0. The first-order chi connectivity index (χ1) is 9.82. The van der Waals surface area contributed by atoms with E-state index in [4.69, 9.17) is 5.26 Å². The van der Waals surface area contributed by atoms with Crippen LogP contribution in [0, 0.1) is 21.4 Å². The highest BCUT2D eigenvalue weighted by atomic mass is 16.6. The van der Waals surface area contributed by atoms with Crippen LogP contribution in [0.3, 0.4) is 0 Å². The van der Waals surface area contributed by atoms with Crippen molar-refractivity contribution in [2.75, 3.05) is 31.1 Å². The Balaban J connectivity index is 2.16. The molecule has 0 radical (unpaired) electrons. The van der Waals surface area contributed by atoms with E-state index in [0.717, 1.165) is 31.9 Å². The second-order valence-corrected chi connectivity index (χ2v) is 6.22. The van der Waals surface area contributed by atoms with Gasteiger partial charge in [0, 0.05) is 43.5 Å². The molecule has 0 spiro atoms. The summed E-state index contributed by atoms with van der Waals surface area (Å²) in [5, 5.41) is 19.9. The summed E-state index contributed by atoms with van der Waals surface area (Å²) >= 11 is 0. The molecule has 1 heterocycles. The number of anilines is 1. The Morgan fingerprint density at radius 3 is 2.33 bits per heavy atom. The van der Waals surface area contributed by atoms with Crippen LogP contribution in [0.15, 0.2) is 18.2 Å². The normalized spacial score (nSPS) is 16.6. The summed E-state index contributed by atoms with van der Waals surface area (Å²) in [4.78, 5) is 15.1. The van der Waals surface area contributed by atoms with Crippen LogP contribution in [0.2, 0.25) is 0 Å². The molecule has 6 heteroatoms. The number of piperazine rings is 1. The summed E-state index contributed by atoms with van der Waals surface area (Å²) in [6, 6.07) is 6.69. The van der Waals surface area contributed by atoms with Gasteiger partial charge in [0.1, 0.15) is 11.6 Å². The first kappa shape index (κ1) is 15.3. The zero-order valence-electron chi connectivity index (χ0n) is 12.7. The molecule has 6 nitrogen and oxygen atoms in total. The van der Waals surface area contributed by atoms with Crippen molar-refractivity contribution in [1.29, 1.82) is 5.26 Å². The SMILES string of the molecule is CC(C)(C)N1CCN(c2ccc(C#N)c([N+](=O)[O-])c2)CC1. The number of nitro benzene ring substituents is 1. The van der Waals surface area contributed by atoms with Gasteiger partial charge in [-0.1, -0.05) is 0 Å². The molecule has 0 N–H and O–H groups in total. The van der Waals surface area contributed by atoms with Gasteiger partial charge in [0.05, 0.1) is 4.92 Å². The zero-order valence-corrected chi connectivity index (χ0v) is 12.7. The molecule has 1 aromatic rings. The van der Waals surface area contributed by atoms with Gasteiger partial charge in [-0.05, 0) is 32.9 Å². The molecular formula is C15H20N4O2. The Morgan fingerprint density at radius 2 is 1.86 bits per heavy atom. The van der Waals surface area contributed by atoms with E-state index >= 15 is 0 Å². The molecule has 1 fully saturated rings. The topological polar surface area (TPSA) is 73.4 Å². The van der Waals surface area contributed by atoms with Gasteiger partial charge in [-0.15, -0.1) is 0 Å². The number of benzene rings is 1. The minimum absolute atomic E-state index is 0.108. The number of hydrogen-bond donors (Lipinski definition) is 0. The van der Waals surface area contributed by atoms with Crippen molar-refractivity contribution in [1.82, 2.24) is 4.90 Å². The highest BCUT2D eigenvalue weighted by molar-refractivity contribution is 5.60. The van der Waals surface area contributed by atoms with Crippen LogP contribution in [0.25, 0.3) is 0 Å². The van der Waals surface area contributed by atoms with Crippen molar-refractivity contribution in [2.24, 2.45) is 0 Å². The van der Waals surface area contributed by atoms with Crippen molar-refractivity contribution >= 4 is 11.4 Å². The summed E-state index contributed by atoms with van der Waals surface area (Å²) in [5.41, 5.74) is 0.947. The van der Waals surface area contributed by atoms with Gasteiger partial charge in [-0.2, -0.15) is 5.26 Å². The molecule has 112 valence electrons. The van der Waals surface area contributed by atoms with E-state index in [9.17, 15) is 10.1 Å². The predicted molar refractivity (Wildman–Crippen MR) is 81.4 cm³/mol. The van der Waals surface area contributed by atoms with Gasteiger partial charge in [-0.3, -0.25) is 15.0 Å². The van der Waals surface area contributed by atoms with Crippen LogP contribution in [-0.2, 0) is 0 Å². The fourth-order valence-electron chi connectivity index (χ4n) is 2.60. The van der Waals surface area contributed by atoms with E-state index in [1.165, 1.54) is 12.1 Å². The van der Waals surface area contributed by atoms with Crippen LogP contribution in [-0.4, -0.2) is 41.5 Å². The predicted octanol–water partition coefficient (Wildman–Crippen LogP) is 2.39. The molecule has 1 aliphatic heterocycles. The number of nitriles is 1. The van der Waals surface area contributed by atoms with Crippen LogP contribution >= 0.6 is 0 Å². The molecule has 0 bridgehead atoms. The molecule has 21 heavy (non-hydrogen) atoms. The Hall–Kier alpha value is -2.13. The Bertz CT molecular complexity index is 578. The lowest BCUT2D eigenvalue weighted by atomic mass is 10.0. The monoisotopic (exact) mass is 288 g/mol. The maximum absolute atomic E-state index is 11.0. The first-order valence-electron chi connectivity index (χ1n) is 7.01. The molecule has 0 amide bonds. The average molecular weight is 288 g/mol. The summed E-state index contributed by atoms with van der Waals surface area (Å²) in [5.74, 6) is 0. The molecule has 1 saturated heterocycles. The third-order valence-electron chi connectivity index (χ3n) is 3.89. The van der Waals surface area contributed by atoms with E-state index < -0.39 is 4.92 Å². The molecule has 0 unspecified atom stereocenters. The minimum Gasteiger partial charge on any atom is -0.369 e. The highest BCUT2D eigenvalue weighted by Gasteiger charge is 2.26. The minimum atomic E-state index is -0.493. The van der Waals surface area contributed by atoms with E-state index in [2.05, 4.69) is 30.6 Å². The Kier molecular flexibility index (Phi) is 4.14. The number of rotatable bonds is 2. The van der Waals surface area contributed by atoms with Gasteiger partial charge in [0.2, 0.25) is 0 Å². The largest absolute Gasteiger partial charge is 0.369 e. The Morgan fingerprint density at radius 1 is 1.24 bits per heavy atom. The van der Waals surface area contributed by atoms with Gasteiger partial charge < -0.3 is 4.90 Å². The second-order valence-electron chi connectivity index (χ2n) is 6.22. The van der Waals surface area contributed by atoms with E-state index in [-0.39, 0.29) is 16.8 Å². The first-order valence-corrected chi connectivity index (χ1v) is 7.01. The van der Waals surface area contributed by atoms with E-state index in [1.54, 1.807) is 6.07 Å². The van der Waals surface area contributed by atoms with Gasteiger partial charge in [-0.25, -0.2) is 0 Å². The highest BCUT2D eigenvalue weighted by Crippen LogP contribution is 2.27. The van der Waals surface area contributed by atoms with Crippen molar-refractivity contribution < 1.29 is 4.92 Å². The maximum atomic E-state index is 11.0. The number of nitro groups is 1. The van der Waals surface area contributed by atoms with Gasteiger partial charge in [0.25, 0.3) is 5.69 Å². The molecule has 0 atom stereocenters. The standard InChI is InChI=1S/C15H20N4O2/c1-15(2,3)18-8-6-17(7-9-18)13-5-4-12(11-16)14(10-13)19(20)21/h4-5,10H,6-9H2,1-3H3. The van der Waals surface area contributed by atoms with Gasteiger partial charge >= 0.3 is 0 Å². The molecule has 0 aliphatic carbocycles. The third-order valence-corrected chi connectivity index (χ3v) is 3.89. The van der Waals surface area contributed by atoms with Crippen LogP contribution in [0.1, 0.15) is 26.3 Å². The molecule has 1 aromatic carbocycles. The fraction of sp³-hybridized carbons (Fsp3) is 0.533. The fourth-order valence-corrected chi connectivity index (χ4v) is 2.60. The average Bonchev–Trinajstić information content (AvgIpc) is 2.45. The van der Waals surface area contributed by atoms with Crippen molar-refractivity contribution in [3.8, 4) is 6.07 Å². The zero-order chi connectivity index (χ0) is 15.6. The van der Waals surface area contributed by atoms with Crippen LogP contribution < -0.4 is 4.90 Å². The molecule has 0 saturated carbocycles. The lowest BCUT2D eigenvalue weighted by Gasteiger charge is -2.43. The number of hydrogen-bond acceptors (Lipinski definition) is 5. The van der Waals surface area contributed by atoms with Crippen molar-refractivity contribution in [2.45, 2.75) is 26.3 Å². The second kappa shape index (κ2) is 5.70.